The zero-order chi connectivity index (χ0) is 22.1. The van der Waals surface area contributed by atoms with E-state index in [4.69, 9.17) is 5.73 Å². The lowest BCUT2D eigenvalue weighted by atomic mass is 10.0. The lowest BCUT2D eigenvalue weighted by molar-refractivity contribution is -0.134. The van der Waals surface area contributed by atoms with Crippen molar-refractivity contribution in [2.45, 2.75) is 18.9 Å². The summed E-state index contributed by atoms with van der Waals surface area (Å²) in [4.78, 5) is 52.3. The van der Waals surface area contributed by atoms with Gasteiger partial charge in [-0.1, -0.05) is 0 Å². The van der Waals surface area contributed by atoms with Crippen LogP contribution in [0, 0.1) is 5.82 Å². The van der Waals surface area contributed by atoms with Gasteiger partial charge in [-0.05, 0) is 59.3 Å². The number of primary amides is 1. The Labute approximate surface area is 183 Å². The van der Waals surface area contributed by atoms with E-state index in [1.54, 1.807) is 19.1 Å². The predicted octanol–water partition coefficient (Wildman–Crippen LogP) is 2.33. The second-order valence-electron chi connectivity index (χ2n) is 6.79. The monoisotopic (exact) mass is 496 g/mol. The van der Waals surface area contributed by atoms with Crippen LogP contribution in [0.2, 0.25) is 0 Å². The number of halogens is 2. The molecule has 5 amide bonds. The second-order valence-corrected chi connectivity index (χ2v) is 9.25. The smallest absolute Gasteiger partial charge is 0.325 e. The van der Waals surface area contributed by atoms with Crippen LogP contribution in [-0.4, -0.2) is 41.7 Å². The zero-order valence-electron chi connectivity index (χ0n) is 15.9. The van der Waals surface area contributed by atoms with Gasteiger partial charge in [-0.25, -0.2) is 9.18 Å². The van der Waals surface area contributed by atoms with Gasteiger partial charge in [0.25, 0.3) is 5.91 Å². The summed E-state index contributed by atoms with van der Waals surface area (Å²) in [6.07, 6.45) is -0.135. The maximum Gasteiger partial charge on any atom is 0.325 e. The number of nitrogens with zero attached hydrogens (tertiary/aromatic N) is 2. The molecular weight excluding hydrogens is 479 g/mol. The van der Waals surface area contributed by atoms with Gasteiger partial charge in [0.05, 0.1) is 3.79 Å². The van der Waals surface area contributed by atoms with E-state index < -0.39 is 41.7 Å². The van der Waals surface area contributed by atoms with Crippen molar-refractivity contribution in [1.29, 1.82) is 0 Å². The minimum absolute atomic E-state index is 0.0708. The van der Waals surface area contributed by atoms with Crippen LogP contribution in [-0.2, 0) is 19.9 Å². The number of thiophene rings is 1. The molecule has 158 valence electrons. The van der Waals surface area contributed by atoms with E-state index >= 15 is 0 Å². The number of hydrogen-bond donors (Lipinski definition) is 2. The van der Waals surface area contributed by atoms with Crippen molar-refractivity contribution in [1.82, 2.24) is 10.2 Å². The number of anilines is 1. The van der Waals surface area contributed by atoms with Crippen LogP contribution in [0.3, 0.4) is 0 Å². The average Bonchev–Trinajstić information content (AvgIpc) is 3.21. The third kappa shape index (κ3) is 4.36. The van der Waals surface area contributed by atoms with E-state index in [1.165, 1.54) is 40.5 Å². The third-order valence-electron chi connectivity index (χ3n) is 4.66. The molecular formula is C19H18BrFN4O4S. The Kier molecular flexibility index (Phi) is 6.22. The summed E-state index contributed by atoms with van der Waals surface area (Å²) in [6, 6.07) is 7.85. The maximum absolute atomic E-state index is 13.3. The van der Waals surface area contributed by atoms with Crippen LogP contribution < -0.4 is 16.0 Å². The molecule has 1 aromatic carbocycles. The number of carbonyl (C=O) groups excluding carboxylic acids is 4. The largest absolute Gasteiger partial charge is 0.370 e. The molecule has 1 aliphatic heterocycles. The van der Waals surface area contributed by atoms with Gasteiger partial charge >= 0.3 is 6.03 Å². The fourth-order valence-electron chi connectivity index (χ4n) is 3.05. The predicted molar refractivity (Wildman–Crippen MR) is 112 cm³/mol. The molecule has 0 spiro atoms. The fraction of sp³-hybridized carbons (Fsp3) is 0.263. The van der Waals surface area contributed by atoms with Crippen molar-refractivity contribution < 1.29 is 23.6 Å². The summed E-state index contributed by atoms with van der Waals surface area (Å²) in [7, 11) is 0. The average molecular weight is 497 g/mol. The molecule has 1 aromatic heterocycles. The van der Waals surface area contributed by atoms with E-state index in [0.29, 0.717) is 10.6 Å². The summed E-state index contributed by atoms with van der Waals surface area (Å²) >= 11 is 4.63. The molecule has 2 aromatic rings. The van der Waals surface area contributed by atoms with E-state index in [2.05, 4.69) is 21.2 Å². The summed E-state index contributed by atoms with van der Waals surface area (Å²) in [5.41, 5.74) is 4.21. The molecule has 1 unspecified atom stereocenters. The Bertz CT molecular complexity index is 1010. The topological polar surface area (TPSA) is 113 Å². The zero-order valence-corrected chi connectivity index (χ0v) is 18.3. The Morgan fingerprint density at radius 3 is 2.47 bits per heavy atom. The number of benzene rings is 1. The van der Waals surface area contributed by atoms with Crippen LogP contribution in [0.1, 0.15) is 18.2 Å². The van der Waals surface area contributed by atoms with E-state index in [1.807, 2.05) is 0 Å². The highest BCUT2D eigenvalue weighted by molar-refractivity contribution is 9.11. The number of hydrogen-bond acceptors (Lipinski definition) is 5. The summed E-state index contributed by atoms with van der Waals surface area (Å²) in [5, 5.41) is 2.63. The molecule has 8 nitrogen and oxygen atoms in total. The minimum Gasteiger partial charge on any atom is -0.370 e. The van der Waals surface area contributed by atoms with Gasteiger partial charge in [-0.3, -0.25) is 19.3 Å². The molecule has 1 saturated heterocycles. The number of nitrogens with one attached hydrogen (secondary N) is 1. The number of carbonyl (C=O) groups is 4. The van der Waals surface area contributed by atoms with Crippen LogP contribution in [0.5, 0.6) is 0 Å². The number of amides is 5. The molecule has 0 saturated carbocycles. The Morgan fingerprint density at radius 1 is 1.23 bits per heavy atom. The maximum atomic E-state index is 13.3. The van der Waals surface area contributed by atoms with Crippen molar-refractivity contribution >= 4 is 56.7 Å². The molecule has 3 N–H and O–H groups in total. The normalized spacial score (nSPS) is 18.4. The molecule has 11 heteroatoms. The molecule has 1 atom stereocenters. The summed E-state index contributed by atoms with van der Waals surface area (Å²) < 4.78 is 14.1. The SMILES string of the molecule is CC1(c2ccc(Br)s2)NC(=O)N(CC(=O)N(CCC(N)=O)c2ccc(F)cc2)C1=O. The van der Waals surface area contributed by atoms with Crippen molar-refractivity contribution in [3.63, 3.8) is 0 Å². The number of imide groups is 1. The molecule has 1 fully saturated rings. The van der Waals surface area contributed by atoms with Crippen LogP contribution >= 0.6 is 27.3 Å². The first-order chi connectivity index (χ1) is 14.1. The quantitative estimate of drug-likeness (QED) is 0.572. The first-order valence-electron chi connectivity index (χ1n) is 8.86. The van der Waals surface area contributed by atoms with Gasteiger partial charge in [0, 0.05) is 23.5 Å². The first kappa shape index (κ1) is 21.9. The van der Waals surface area contributed by atoms with E-state index in [0.717, 1.165) is 8.69 Å². The van der Waals surface area contributed by atoms with Crippen LogP contribution in [0.4, 0.5) is 14.9 Å². The summed E-state index contributed by atoms with van der Waals surface area (Å²) in [5.74, 6) is -2.29. The Morgan fingerprint density at radius 2 is 1.90 bits per heavy atom. The van der Waals surface area contributed by atoms with Crippen molar-refractivity contribution in [2.24, 2.45) is 5.73 Å². The van der Waals surface area contributed by atoms with Gasteiger partial charge in [-0.15, -0.1) is 11.3 Å². The lowest BCUT2D eigenvalue weighted by Gasteiger charge is -2.25. The fourth-order valence-corrected chi connectivity index (χ4v) is 4.53. The van der Waals surface area contributed by atoms with E-state index in [-0.39, 0.29) is 13.0 Å². The Balaban J connectivity index is 1.82. The van der Waals surface area contributed by atoms with Gasteiger partial charge < -0.3 is 16.0 Å². The molecule has 2 heterocycles. The van der Waals surface area contributed by atoms with Crippen molar-refractivity contribution in [2.75, 3.05) is 18.0 Å². The van der Waals surface area contributed by atoms with Crippen LogP contribution in [0.25, 0.3) is 0 Å². The van der Waals surface area contributed by atoms with Gasteiger partial charge in [0.2, 0.25) is 11.8 Å². The first-order valence-corrected chi connectivity index (χ1v) is 10.5. The molecule has 3 rings (SSSR count). The number of nitrogens with two attached hydrogens (primary N) is 1. The molecule has 30 heavy (non-hydrogen) atoms. The lowest BCUT2D eigenvalue weighted by Crippen LogP contribution is -2.45. The second kappa shape index (κ2) is 8.52. The molecule has 0 radical (unpaired) electrons. The highest BCUT2D eigenvalue weighted by atomic mass is 79.9. The standard InChI is InChI=1S/C19H18BrFN4O4S/c1-19(13-6-7-14(20)30-13)17(28)25(18(29)23-19)10-16(27)24(9-8-15(22)26)12-4-2-11(21)3-5-12/h2-7H,8-10H2,1H3,(H2,22,26)(H,23,29). The minimum atomic E-state index is -1.29. The molecule has 1 aliphatic rings. The van der Waals surface area contributed by atoms with Gasteiger partial charge in [-0.2, -0.15) is 0 Å². The highest BCUT2D eigenvalue weighted by Crippen LogP contribution is 2.35. The molecule has 0 aliphatic carbocycles. The number of urea groups is 1. The number of rotatable bonds is 7. The Hall–Kier alpha value is -2.79. The summed E-state index contributed by atoms with van der Waals surface area (Å²) in [6.45, 7) is 0.961. The molecule has 0 bridgehead atoms. The van der Waals surface area contributed by atoms with Gasteiger partial charge in [0.15, 0.2) is 5.54 Å². The van der Waals surface area contributed by atoms with E-state index in [9.17, 15) is 23.6 Å². The van der Waals surface area contributed by atoms with Crippen molar-refractivity contribution in [3.8, 4) is 0 Å². The van der Waals surface area contributed by atoms with Crippen LogP contribution in [0.15, 0.2) is 40.2 Å². The van der Waals surface area contributed by atoms with Gasteiger partial charge in [0.1, 0.15) is 12.4 Å². The third-order valence-corrected chi connectivity index (χ3v) is 6.50. The highest BCUT2D eigenvalue weighted by Gasteiger charge is 2.50. The van der Waals surface area contributed by atoms with Crippen molar-refractivity contribution in [3.05, 3.63) is 50.9 Å².